The third-order valence-electron chi connectivity index (χ3n) is 6.40. The van der Waals surface area contributed by atoms with Crippen LogP contribution in [0.15, 0.2) is 42.5 Å². The average Bonchev–Trinajstić information content (AvgIpc) is 3.19. The molecular weight excluding hydrogens is 378 g/mol. The number of carbonyl (C=O) groups excluding carboxylic acids is 1. The number of Topliss-reactive ketones (excluding diaryl/α,β-unsaturated/α-hetero) is 1. The number of unbranched alkanes of at least 4 members (excludes halogenated alkanes) is 7. The minimum atomic E-state index is -1.05. The maximum absolute atomic E-state index is 12.3. The van der Waals surface area contributed by atoms with E-state index in [4.69, 9.17) is 4.74 Å². The molecule has 2 aromatic rings. The highest BCUT2D eigenvalue weighted by atomic mass is 16.5. The number of carbonyl (C=O) groups is 1. The van der Waals surface area contributed by atoms with Gasteiger partial charge in [-0.3, -0.25) is 4.79 Å². The monoisotopic (exact) mass is 413 g/mol. The van der Waals surface area contributed by atoms with E-state index < -0.39 is 5.60 Å². The van der Waals surface area contributed by atoms with Gasteiger partial charge in [0.25, 0.3) is 0 Å². The van der Waals surface area contributed by atoms with Gasteiger partial charge in [0.05, 0.1) is 13.0 Å². The first kappa shape index (κ1) is 22.4. The van der Waals surface area contributed by atoms with E-state index in [-0.39, 0.29) is 30.5 Å². The van der Waals surface area contributed by atoms with Crippen molar-refractivity contribution in [3.8, 4) is 0 Å². The standard InChI is InChI=1S/C25H35NO4/c1-2-3-4-5-6-7-8-9-13-21(20-16-26-22-14-11-10-12-19(20)22)25(18-27)15-23(28)24(29)17-30-25/h10-12,14,16-17,21,26-27,29H,2-9,13,15,18H2,1H3. The van der Waals surface area contributed by atoms with Gasteiger partial charge in [0, 0.05) is 23.0 Å². The van der Waals surface area contributed by atoms with Crippen molar-refractivity contribution < 1.29 is 19.7 Å². The number of aromatic amines is 1. The van der Waals surface area contributed by atoms with Crippen LogP contribution in [0.2, 0.25) is 0 Å². The molecule has 1 aliphatic heterocycles. The lowest BCUT2D eigenvalue weighted by molar-refractivity contribution is -0.133. The Morgan fingerprint density at radius 3 is 2.50 bits per heavy atom. The fraction of sp³-hybridized carbons (Fsp3) is 0.560. The second kappa shape index (κ2) is 10.7. The summed E-state index contributed by atoms with van der Waals surface area (Å²) < 4.78 is 5.86. The fourth-order valence-corrected chi connectivity index (χ4v) is 4.62. The molecule has 0 radical (unpaired) electrons. The van der Waals surface area contributed by atoms with Crippen molar-refractivity contribution in [2.24, 2.45) is 0 Å². The van der Waals surface area contributed by atoms with Crippen LogP contribution in [-0.2, 0) is 9.53 Å². The maximum Gasteiger partial charge on any atom is 0.204 e. The zero-order chi connectivity index (χ0) is 21.4. The number of ketones is 1. The van der Waals surface area contributed by atoms with Crippen molar-refractivity contribution in [2.75, 3.05) is 6.61 Å². The molecule has 0 amide bonds. The molecule has 2 atom stereocenters. The number of aliphatic hydroxyl groups excluding tert-OH is 2. The van der Waals surface area contributed by atoms with Crippen LogP contribution in [0, 0.1) is 0 Å². The molecule has 0 fully saturated rings. The molecule has 1 aromatic carbocycles. The van der Waals surface area contributed by atoms with E-state index >= 15 is 0 Å². The van der Waals surface area contributed by atoms with E-state index in [0.717, 1.165) is 42.0 Å². The Labute approximate surface area is 179 Å². The number of ether oxygens (including phenoxy) is 1. The van der Waals surface area contributed by atoms with E-state index in [9.17, 15) is 15.0 Å². The van der Waals surface area contributed by atoms with Crippen LogP contribution in [0.3, 0.4) is 0 Å². The predicted octanol–water partition coefficient (Wildman–Crippen LogP) is 5.90. The first-order chi connectivity index (χ1) is 14.6. The number of H-pyrrole nitrogens is 1. The van der Waals surface area contributed by atoms with Gasteiger partial charge < -0.3 is 19.9 Å². The summed E-state index contributed by atoms with van der Waals surface area (Å²) in [6.07, 6.45) is 13.7. The molecule has 5 heteroatoms. The lowest BCUT2D eigenvalue weighted by atomic mass is 9.75. The molecule has 164 valence electrons. The Morgan fingerprint density at radius 2 is 1.80 bits per heavy atom. The van der Waals surface area contributed by atoms with Gasteiger partial charge in [0.1, 0.15) is 11.9 Å². The van der Waals surface area contributed by atoms with Crippen molar-refractivity contribution in [1.82, 2.24) is 4.98 Å². The number of fused-ring (bicyclic) bond motifs is 1. The van der Waals surface area contributed by atoms with E-state index in [1.807, 2.05) is 24.4 Å². The van der Waals surface area contributed by atoms with Crippen LogP contribution in [-0.4, -0.2) is 33.2 Å². The zero-order valence-corrected chi connectivity index (χ0v) is 18.0. The lowest BCUT2D eigenvalue weighted by Crippen LogP contribution is -2.46. The smallest absolute Gasteiger partial charge is 0.204 e. The van der Waals surface area contributed by atoms with Crippen LogP contribution >= 0.6 is 0 Å². The molecule has 3 rings (SSSR count). The molecular formula is C25H35NO4. The second-order valence-electron chi connectivity index (χ2n) is 8.55. The number of rotatable bonds is 12. The summed E-state index contributed by atoms with van der Waals surface area (Å²) in [6.45, 7) is 1.96. The summed E-state index contributed by atoms with van der Waals surface area (Å²) in [5, 5.41) is 21.1. The molecule has 0 saturated carbocycles. The highest BCUT2D eigenvalue weighted by molar-refractivity contribution is 5.94. The van der Waals surface area contributed by atoms with E-state index in [2.05, 4.69) is 18.0 Å². The summed E-state index contributed by atoms with van der Waals surface area (Å²) in [5.41, 5.74) is 1.04. The highest BCUT2D eigenvalue weighted by Gasteiger charge is 2.46. The van der Waals surface area contributed by atoms with Gasteiger partial charge >= 0.3 is 0 Å². The molecule has 30 heavy (non-hydrogen) atoms. The molecule has 0 aliphatic carbocycles. The summed E-state index contributed by atoms with van der Waals surface area (Å²) in [4.78, 5) is 15.6. The molecule has 1 aliphatic rings. The van der Waals surface area contributed by atoms with E-state index in [0.29, 0.717) is 0 Å². The number of aliphatic hydroxyl groups is 2. The van der Waals surface area contributed by atoms with Gasteiger partial charge in [-0.05, 0) is 18.1 Å². The number of para-hydroxylation sites is 1. The molecule has 2 unspecified atom stereocenters. The minimum Gasteiger partial charge on any atom is -0.502 e. The van der Waals surface area contributed by atoms with Gasteiger partial charge in [-0.25, -0.2) is 0 Å². The largest absolute Gasteiger partial charge is 0.502 e. The van der Waals surface area contributed by atoms with Crippen molar-refractivity contribution in [2.45, 2.75) is 82.7 Å². The normalized spacial score (nSPS) is 20.2. The lowest BCUT2D eigenvalue weighted by Gasteiger charge is -2.40. The number of hydrogen-bond acceptors (Lipinski definition) is 4. The molecule has 5 nitrogen and oxygen atoms in total. The fourth-order valence-electron chi connectivity index (χ4n) is 4.62. The molecule has 0 saturated heterocycles. The Bertz CT molecular complexity index is 856. The van der Waals surface area contributed by atoms with Crippen molar-refractivity contribution >= 4 is 16.7 Å². The van der Waals surface area contributed by atoms with Gasteiger partial charge in [-0.15, -0.1) is 0 Å². The maximum atomic E-state index is 12.3. The average molecular weight is 414 g/mol. The van der Waals surface area contributed by atoms with E-state index in [1.54, 1.807) is 0 Å². The summed E-state index contributed by atoms with van der Waals surface area (Å²) in [7, 11) is 0. The molecule has 0 bridgehead atoms. The van der Waals surface area contributed by atoms with Crippen LogP contribution in [0.25, 0.3) is 10.9 Å². The summed E-state index contributed by atoms with van der Waals surface area (Å²) in [5.74, 6) is -0.896. The number of aromatic nitrogens is 1. The first-order valence-corrected chi connectivity index (χ1v) is 11.4. The Balaban J connectivity index is 1.75. The molecule has 3 N–H and O–H groups in total. The Morgan fingerprint density at radius 1 is 1.10 bits per heavy atom. The SMILES string of the molecule is CCCCCCCCCCC(c1c[nH]c2ccccc12)C1(CO)CC(=O)C(O)=CO1. The third kappa shape index (κ3) is 5.07. The molecule has 0 spiro atoms. The Kier molecular flexibility index (Phi) is 7.97. The number of allylic oxidation sites excluding steroid dienone is 1. The van der Waals surface area contributed by atoms with Gasteiger partial charge in [-0.1, -0.05) is 76.5 Å². The van der Waals surface area contributed by atoms with Crippen LogP contribution in [0.4, 0.5) is 0 Å². The number of hydrogen-bond donors (Lipinski definition) is 3. The van der Waals surface area contributed by atoms with Crippen LogP contribution in [0.1, 0.15) is 82.6 Å². The predicted molar refractivity (Wildman–Crippen MR) is 120 cm³/mol. The second-order valence-corrected chi connectivity index (χ2v) is 8.55. The van der Waals surface area contributed by atoms with Gasteiger partial charge in [-0.2, -0.15) is 0 Å². The van der Waals surface area contributed by atoms with Gasteiger partial charge in [0.15, 0.2) is 5.76 Å². The van der Waals surface area contributed by atoms with E-state index in [1.165, 1.54) is 38.5 Å². The molecule has 1 aromatic heterocycles. The van der Waals surface area contributed by atoms with Crippen molar-refractivity contribution in [3.63, 3.8) is 0 Å². The zero-order valence-electron chi connectivity index (χ0n) is 18.0. The minimum absolute atomic E-state index is 0.0208. The van der Waals surface area contributed by atoms with Crippen LogP contribution in [0.5, 0.6) is 0 Å². The highest BCUT2D eigenvalue weighted by Crippen LogP contribution is 2.43. The topological polar surface area (TPSA) is 82.5 Å². The number of benzene rings is 1. The quantitative estimate of drug-likeness (QED) is 0.378. The summed E-state index contributed by atoms with van der Waals surface area (Å²) >= 11 is 0. The van der Waals surface area contributed by atoms with Crippen molar-refractivity contribution in [1.29, 1.82) is 0 Å². The number of nitrogens with one attached hydrogen (secondary N) is 1. The molecule has 2 heterocycles. The van der Waals surface area contributed by atoms with Crippen molar-refractivity contribution in [3.05, 3.63) is 48.0 Å². The Hall–Kier alpha value is -2.27. The third-order valence-corrected chi connectivity index (χ3v) is 6.40. The first-order valence-electron chi connectivity index (χ1n) is 11.4. The summed E-state index contributed by atoms with van der Waals surface area (Å²) in [6, 6.07) is 8.07. The van der Waals surface area contributed by atoms with Crippen LogP contribution < -0.4 is 0 Å². The van der Waals surface area contributed by atoms with Gasteiger partial charge in [0.2, 0.25) is 5.78 Å².